The Balaban J connectivity index is 2.50. The molecule has 2 aromatic carbocycles. The smallest absolute Gasteiger partial charge is 0.0995 e. The van der Waals surface area contributed by atoms with Crippen LogP contribution < -0.4 is 0 Å². The van der Waals surface area contributed by atoms with E-state index in [0.29, 0.717) is 10.6 Å². The molecule has 0 aliphatic rings. The summed E-state index contributed by atoms with van der Waals surface area (Å²) in [5, 5.41) is 19.0. The van der Waals surface area contributed by atoms with Crippen LogP contribution in [0.3, 0.4) is 0 Å². The molecule has 0 spiro atoms. The largest absolute Gasteiger partial charge is 0.197 e. The molecule has 1 atom stereocenters. The van der Waals surface area contributed by atoms with E-state index in [2.05, 4.69) is 12.1 Å². The van der Waals surface area contributed by atoms with Crippen molar-refractivity contribution in [1.82, 2.24) is 0 Å². The fourth-order valence-corrected chi connectivity index (χ4v) is 1.96. The summed E-state index contributed by atoms with van der Waals surface area (Å²) in [6.07, 6.45) is 0. The quantitative estimate of drug-likeness (QED) is 0.815. The van der Waals surface area contributed by atoms with Crippen molar-refractivity contribution in [2.24, 2.45) is 0 Å². The first-order valence-corrected chi connectivity index (χ1v) is 5.78. The lowest BCUT2D eigenvalue weighted by Gasteiger charge is -2.11. The molecule has 0 radical (unpaired) electrons. The van der Waals surface area contributed by atoms with Crippen LogP contribution in [-0.4, -0.2) is 0 Å². The lowest BCUT2D eigenvalue weighted by molar-refractivity contribution is 1.03. The molecule has 0 aromatic heterocycles. The minimum absolute atomic E-state index is 0.446. The number of hydrogen-bond donors (Lipinski definition) is 0. The summed E-state index contributed by atoms with van der Waals surface area (Å²) in [5.74, 6) is -0.446. The molecule has 0 bridgehead atoms. The van der Waals surface area contributed by atoms with Crippen molar-refractivity contribution in [3.05, 3.63) is 70.2 Å². The van der Waals surface area contributed by atoms with Crippen LogP contribution in [-0.2, 0) is 0 Å². The first kappa shape index (κ1) is 12.2. The van der Waals surface area contributed by atoms with Crippen LogP contribution in [0.15, 0.2) is 48.5 Å². The summed E-state index contributed by atoms with van der Waals surface area (Å²) in [6, 6.07) is 18.6. The molecule has 3 heteroatoms. The molecule has 86 valence electrons. The van der Waals surface area contributed by atoms with E-state index in [0.717, 1.165) is 11.1 Å². The Morgan fingerprint density at radius 2 is 1.61 bits per heavy atom. The summed E-state index contributed by atoms with van der Waals surface area (Å²) in [4.78, 5) is 0. The molecule has 2 aromatic rings. The number of benzene rings is 2. The van der Waals surface area contributed by atoms with Gasteiger partial charge in [0.1, 0.15) is 0 Å². The van der Waals surface area contributed by atoms with Gasteiger partial charge in [0, 0.05) is 5.02 Å². The summed E-state index contributed by atoms with van der Waals surface area (Å²) >= 11 is 5.83. The van der Waals surface area contributed by atoms with Gasteiger partial charge in [0.05, 0.1) is 23.6 Å². The van der Waals surface area contributed by atoms with Gasteiger partial charge in [-0.15, -0.1) is 0 Å². The van der Waals surface area contributed by atoms with E-state index in [9.17, 15) is 5.26 Å². The summed E-state index contributed by atoms with van der Waals surface area (Å²) < 4.78 is 0. The van der Waals surface area contributed by atoms with E-state index in [1.54, 1.807) is 30.3 Å². The SMILES string of the molecule is N#Cc1ccccc1[C@H](C#N)c1ccc(Cl)cc1. The highest BCUT2D eigenvalue weighted by Gasteiger charge is 2.16. The Hall–Kier alpha value is -2.29. The van der Waals surface area contributed by atoms with Crippen LogP contribution in [0.5, 0.6) is 0 Å². The molecule has 0 saturated heterocycles. The van der Waals surface area contributed by atoms with E-state index in [1.807, 2.05) is 18.2 Å². The standard InChI is InChI=1S/C15H9ClN2/c16-13-7-5-11(6-8-13)15(10-18)14-4-2-1-3-12(14)9-17/h1-8,15H/t15-/m1/s1. The van der Waals surface area contributed by atoms with Crippen LogP contribution in [0.2, 0.25) is 5.02 Å². The molecule has 0 amide bonds. The summed E-state index contributed by atoms with van der Waals surface area (Å²) in [7, 11) is 0. The third-order valence-electron chi connectivity index (χ3n) is 2.72. The molecule has 2 nitrogen and oxygen atoms in total. The topological polar surface area (TPSA) is 47.6 Å². The number of nitrogens with zero attached hydrogens (tertiary/aromatic N) is 2. The highest BCUT2D eigenvalue weighted by molar-refractivity contribution is 6.30. The number of nitriles is 2. The van der Waals surface area contributed by atoms with Crippen molar-refractivity contribution in [2.45, 2.75) is 5.92 Å². The lowest BCUT2D eigenvalue weighted by atomic mass is 9.90. The zero-order valence-corrected chi connectivity index (χ0v) is 10.2. The average Bonchev–Trinajstić information content (AvgIpc) is 2.42. The zero-order chi connectivity index (χ0) is 13.0. The second-order valence-corrected chi connectivity index (χ2v) is 4.25. The Labute approximate surface area is 111 Å². The third-order valence-corrected chi connectivity index (χ3v) is 2.98. The van der Waals surface area contributed by atoms with Crippen molar-refractivity contribution in [3.63, 3.8) is 0 Å². The second-order valence-electron chi connectivity index (χ2n) is 3.81. The van der Waals surface area contributed by atoms with Crippen LogP contribution in [0.4, 0.5) is 0 Å². The summed E-state index contributed by atoms with van der Waals surface area (Å²) in [6.45, 7) is 0. The van der Waals surface area contributed by atoms with Crippen molar-refractivity contribution in [2.75, 3.05) is 0 Å². The van der Waals surface area contributed by atoms with E-state index in [4.69, 9.17) is 16.9 Å². The maximum absolute atomic E-state index is 9.33. The fraction of sp³-hybridized carbons (Fsp3) is 0.0667. The maximum atomic E-state index is 9.33. The van der Waals surface area contributed by atoms with E-state index in [1.165, 1.54) is 0 Å². The molecule has 0 aliphatic heterocycles. The minimum atomic E-state index is -0.446. The van der Waals surface area contributed by atoms with Crippen molar-refractivity contribution >= 4 is 11.6 Å². The second kappa shape index (κ2) is 5.36. The number of rotatable bonds is 2. The lowest BCUT2D eigenvalue weighted by Crippen LogP contribution is -2.00. The molecule has 0 heterocycles. The molecular weight excluding hydrogens is 244 g/mol. The van der Waals surface area contributed by atoms with Crippen molar-refractivity contribution in [1.29, 1.82) is 10.5 Å². The first-order chi connectivity index (χ1) is 8.76. The van der Waals surface area contributed by atoms with Gasteiger partial charge < -0.3 is 0 Å². The molecule has 0 N–H and O–H groups in total. The maximum Gasteiger partial charge on any atom is 0.0995 e. The Morgan fingerprint density at radius 1 is 0.944 bits per heavy atom. The number of hydrogen-bond acceptors (Lipinski definition) is 2. The van der Waals surface area contributed by atoms with Gasteiger partial charge in [-0.1, -0.05) is 41.9 Å². The van der Waals surface area contributed by atoms with E-state index >= 15 is 0 Å². The molecular formula is C15H9ClN2. The Bertz CT molecular complexity index is 633. The van der Waals surface area contributed by atoms with Gasteiger partial charge in [0.15, 0.2) is 0 Å². The van der Waals surface area contributed by atoms with Crippen LogP contribution in [0, 0.1) is 22.7 Å². The van der Waals surface area contributed by atoms with Crippen LogP contribution in [0.25, 0.3) is 0 Å². The van der Waals surface area contributed by atoms with Crippen LogP contribution in [0.1, 0.15) is 22.6 Å². The Morgan fingerprint density at radius 3 is 2.22 bits per heavy atom. The average molecular weight is 253 g/mol. The predicted molar refractivity (Wildman–Crippen MR) is 70.1 cm³/mol. The zero-order valence-electron chi connectivity index (χ0n) is 9.47. The summed E-state index contributed by atoms with van der Waals surface area (Å²) in [5.41, 5.74) is 2.09. The van der Waals surface area contributed by atoms with Gasteiger partial charge in [-0.2, -0.15) is 10.5 Å². The Kier molecular flexibility index (Phi) is 3.63. The predicted octanol–water partition coefficient (Wildman–Crippen LogP) is 3.87. The first-order valence-electron chi connectivity index (χ1n) is 5.40. The molecule has 0 fully saturated rings. The molecule has 18 heavy (non-hydrogen) atoms. The van der Waals surface area contributed by atoms with E-state index in [-0.39, 0.29) is 0 Å². The minimum Gasteiger partial charge on any atom is -0.197 e. The molecule has 0 saturated carbocycles. The van der Waals surface area contributed by atoms with Crippen molar-refractivity contribution < 1.29 is 0 Å². The van der Waals surface area contributed by atoms with Gasteiger partial charge in [-0.25, -0.2) is 0 Å². The monoisotopic (exact) mass is 252 g/mol. The highest BCUT2D eigenvalue weighted by Crippen LogP contribution is 2.27. The van der Waals surface area contributed by atoms with Crippen LogP contribution >= 0.6 is 11.6 Å². The van der Waals surface area contributed by atoms with E-state index < -0.39 is 5.92 Å². The normalized spacial score (nSPS) is 11.3. The van der Waals surface area contributed by atoms with Gasteiger partial charge in [0.25, 0.3) is 0 Å². The fourth-order valence-electron chi connectivity index (χ4n) is 1.83. The van der Waals surface area contributed by atoms with Gasteiger partial charge >= 0.3 is 0 Å². The van der Waals surface area contributed by atoms with Gasteiger partial charge in [0.2, 0.25) is 0 Å². The molecule has 0 unspecified atom stereocenters. The number of halogens is 1. The van der Waals surface area contributed by atoms with Gasteiger partial charge in [-0.3, -0.25) is 0 Å². The van der Waals surface area contributed by atoms with Crippen molar-refractivity contribution in [3.8, 4) is 12.1 Å². The highest BCUT2D eigenvalue weighted by atomic mass is 35.5. The third kappa shape index (κ3) is 2.35. The van der Waals surface area contributed by atoms with Gasteiger partial charge in [-0.05, 0) is 29.3 Å². The molecule has 2 rings (SSSR count). The molecule has 0 aliphatic carbocycles.